The minimum absolute atomic E-state index is 0.0196. The summed E-state index contributed by atoms with van der Waals surface area (Å²) in [6.07, 6.45) is 3.82. The van der Waals surface area contributed by atoms with Gasteiger partial charge in [0.1, 0.15) is 12.0 Å². The van der Waals surface area contributed by atoms with Crippen LogP contribution in [0.15, 0.2) is 30.3 Å². The van der Waals surface area contributed by atoms with E-state index < -0.39 is 12.2 Å². The summed E-state index contributed by atoms with van der Waals surface area (Å²) < 4.78 is 5.81. The molecular formula is C17H21NO4. The molecule has 0 spiro atoms. The van der Waals surface area contributed by atoms with Crippen LogP contribution in [0.1, 0.15) is 37.2 Å². The Balaban J connectivity index is 1.45. The molecule has 3 fully saturated rings. The van der Waals surface area contributed by atoms with Gasteiger partial charge in [0.05, 0.1) is 0 Å². The van der Waals surface area contributed by atoms with Crippen molar-refractivity contribution in [3.63, 3.8) is 0 Å². The minimum atomic E-state index is -0.502. The summed E-state index contributed by atoms with van der Waals surface area (Å²) in [4.78, 5) is 24.8. The van der Waals surface area contributed by atoms with Crippen molar-refractivity contribution in [3.8, 4) is 0 Å². The summed E-state index contributed by atoms with van der Waals surface area (Å²) in [7, 11) is 2.18. The first-order chi connectivity index (χ1) is 10.7. The molecule has 4 rings (SSSR count). The molecule has 0 saturated carbocycles. The van der Waals surface area contributed by atoms with Crippen molar-refractivity contribution in [1.29, 1.82) is 0 Å². The van der Waals surface area contributed by atoms with Crippen molar-refractivity contribution in [2.24, 2.45) is 0 Å². The van der Waals surface area contributed by atoms with Gasteiger partial charge in [-0.05, 0) is 38.3 Å². The molecule has 0 amide bonds. The van der Waals surface area contributed by atoms with Crippen molar-refractivity contribution in [2.75, 3.05) is 7.05 Å². The van der Waals surface area contributed by atoms with Crippen LogP contribution in [-0.4, -0.2) is 42.4 Å². The van der Waals surface area contributed by atoms with E-state index in [0.717, 1.165) is 18.4 Å². The van der Waals surface area contributed by atoms with E-state index in [1.807, 2.05) is 30.3 Å². The Kier molecular flexibility index (Phi) is 3.64. The summed E-state index contributed by atoms with van der Waals surface area (Å²) >= 11 is 0. The van der Waals surface area contributed by atoms with Gasteiger partial charge in [-0.2, -0.15) is 9.78 Å². The quantitative estimate of drug-likeness (QED) is 0.485. The maximum absolute atomic E-state index is 12.6. The van der Waals surface area contributed by atoms with Gasteiger partial charge in [-0.25, -0.2) is 0 Å². The number of hydrogen-bond donors (Lipinski definition) is 0. The molecule has 1 aromatic rings. The lowest BCUT2D eigenvalue weighted by Gasteiger charge is -2.36. The predicted molar refractivity (Wildman–Crippen MR) is 78.8 cm³/mol. The number of carbonyl (C=O) groups excluding carboxylic acids is 1. The number of ether oxygens (including phenoxy) is 1. The summed E-state index contributed by atoms with van der Waals surface area (Å²) in [6, 6.07) is 10.7. The smallest absolute Gasteiger partial charge is 0.319 e. The van der Waals surface area contributed by atoms with Gasteiger partial charge in [-0.15, -0.1) is 0 Å². The lowest BCUT2D eigenvalue weighted by atomic mass is 9.97. The van der Waals surface area contributed by atoms with E-state index in [1.54, 1.807) is 0 Å². The monoisotopic (exact) mass is 303 g/mol. The third-order valence-corrected chi connectivity index (χ3v) is 5.23. The van der Waals surface area contributed by atoms with Crippen LogP contribution < -0.4 is 0 Å². The second kappa shape index (κ2) is 5.65. The summed E-state index contributed by atoms with van der Waals surface area (Å²) in [5.41, 5.74) is 0.880. The first-order valence-corrected chi connectivity index (χ1v) is 8.02. The fourth-order valence-electron chi connectivity index (χ4n) is 3.90. The number of benzene rings is 1. The van der Waals surface area contributed by atoms with Crippen molar-refractivity contribution in [2.45, 2.75) is 56.1 Å². The number of carbonyl (C=O) groups is 1. The number of nitrogens with zero attached hydrogens (tertiary/aromatic N) is 1. The molecule has 3 aliphatic heterocycles. The van der Waals surface area contributed by atoms with E-state index in [4.69, 9.17) is 14.5 Å². The zero-order valence-corrected chi connectivity index (χ0v) is 12.7. The summed E-state index contributed by atoms with van der Waals surface area (Å²) in [5.74, 6) is -0.721. The Bertz CT molecular complexity index is 531. The van der Waals surface area contributed by atoms with Gasteiger partial charge >= 0.3 is 5.97 Å². The van der Waals surface area contributed by atoms with Gasteiger partial charge in [0.25, 0.3) is 0 Å². The molecule has 3 unspecified atom stereocenters. The SMILES string of the molecule is CN1C2CCC1CC(OC(=O)C(c1ccccc1)C1OO1)C2. The minimum Gasteiger partial charge on any atom is -0.462 e. The van der Waals surface area contributed by atoms with Crippen LogP contribution >= 0.6 is 0 Å². The van der Waals surface area contributed by atoms with Crippen LogP contribution in [0.4, 0.5) is 0 Å². The van der Waals surface area contributed by atoms with Gasteiger partial charge in [0, 0.05) is 12.1 Å². The highest BCUT2D eigenvalue weighted by atomic mass is 17.4. The molecule has 5 nitrogen and oxygen atoms in total. The number of piperidine rings is 1. The lowest BCUT2D eigenvalue weighted by molar-refractivity contribution is -0.155. The first kappa shape index (κ1) is 14.2. The fraction of sp³-hybridized carbons (Fsp3) is 0.588. The second-order valence-corrected chi connectivity index (χ2v) is 6.53. The van der Waals surface area contributed by atoms with Gasteiger partial charge in [0.15, 0.2) is 0 Å². The van der Waals surface area contributed by atoms with Crippen LogP contribution in [0, 0.1) is 0 Å². The third-order valence-electron chi connectivity index (χ3n) is 5.23. The Labute approximate surface area is 130 Å². The van der Waals surface area contributed by atoms with Crippen LogP contribution in [0.3, 0.4) is 0 Å². The maximum Gasteiger partial charge on any atom is 0.319 e. The normalized spacial score (nSPS) is 32.7. The summed E-state index contributed by atoms with van der Waals surface area (Å²) in [6.45, 7) is 0. The van der Waals surface area contributed by atoms with Gasteiger partial charge < -0.3 is 9.64 Å². The number of rotatable bonds is 4. The van der Waals surface area contributed by atoms with Gasteiger partial charge in [-0.1, -0.05) is 30.3 Å². The molecule has 3 heterocycles. The molecule has 0 aromatic heterocycles. The van der Waals surface area contributed by atoms with E-state index in [9.17, 15) is 4.79 Å². The Morgan fingerprint density at radius 1 is 1.18 bits per heavy atom. The van der Waals surface area contributed by atoms with Gasteiger partial charge in [0.2, 0.25) is 6.29 Å². The lowest BCUT2D eigenvalue weighted by Crippen LogP contribution is -2.44. The Morgan fingerprint density at radius 3 is 2.41 bits per heavy atom. The standard InChI is InChI=1S/C17H21NO4/c1-18-12-7-8-13(18)10-14(9-12)20-16(19)15(17-21-22-17)11-5-3-2-4-6-11/h2-6,12-15,17H,7-10H2,1H3. The van der Waals surface area contributed by atoms with Crippen LogP contribution in [-0.2, 0) is 19.3 Å². The van der Waals surface area contributed by atoms with Gasteiger partial charge in [-0.3, -0.25) is 4.79 Å². The molecule has 5 heteroatoms. The topological polar surface area (TPSA) is 54.6 Å². The highest BCUT2D eigenvalue weighted by molar-refractivity contribution is 5.79. The van der Waals surface area contributed by atoms with Crippen LogP contribution in [0.5, 0.6) is 0 Å². The van der Waals surface area contributed by atoms with Crippen molar-refractivity contribution < 1.29 is 19.3 Å². The van der Waals surface area contributed by atoms with Crippen LogP contribution in [0.25, 0.3) is 0 Å². The zero-order chi connectivity index (χ0) is 15.1. The zero-order valence-electron chi connectivity index (χ0n) is 12.7. The molecular weight excluding hydrogens is 282 g/mol. The maximum atomic E-state index is 12.6. The Hall–Kier alpha value is -1.43. The second-order valence-electron chi connectivity index (χ2n) is 6.53. The van der Waals surface area contributed by atoms with Crippen molar-refractivity contribution in [3.05, 3.63) is 35.9 Å². The molecule has 3 saturated heterocycles. The number of esters is 1. The molecule has 0 aliphatic carbocycles. The Morgan fingerprint density at radius 2 is 1.82 bits per heavy atom. The van der Waals surface area contributed by atoms with Crippen molar-refractivity contribution in [1.82, 2.24) is 4.90 Å². The third kappa shape index (κ3) is 2.64. The van der Waals surface area contributed by atoms with E-state index in [1.165, 1.54) is 12.8 Å². The molecule has 3 atom stereocenters. The molecule has 0 N–H and O–H groups in total. The van der Waals surface area contributed by atoms with E-state index in [2.05, 4.69) is 11.9 Å². The molecule has 2 bridgehead atoms. The molecule has 0 radical (unpaired) electrons. The van der Waals surface area contributed by atoms with Crippen molar-refractivity contribution >= 4 is 5.97 Å². The number of fused-ring (bicyclic) bond motifs is 2. The van der Waals surface area contributed by atoms with E-state index >= 15 is 0 Å². The first-order valence-electron chi connectivity index (χ1n) is 8.02. The molecule has 3 aliphatic rings. The highest BCUT2D eigenvalue weighted by Gasteiger charge is 2.45. The molecule has 118 valence electrons. The predicted octanol–water partition coefficient (Wildman–Crippen LogP) is 2.23. The largest absolute Gasteiger partial charge is 0.462 e. The molecule has 22 heavy (non-hydrogen) atoms. The van der Waals surface area contributed by atoms with E-state index in [0.29, 0.717) is 12.1 Å². The summed E-state index contributed by atoms with van der Waals surface area (Å²) in [5, 5.41) is 0. The van der Waals surface area contributed by atoms with Crippen LogP contribution in [0.2, 0.25) is 0 Å². The average molecular weight is 303 g/mol. The van der Waals surface area contributed by atoms with E-state index in [-0.39, 0.29) is 12.1 Å². The fourth-order valence-corrected chi connectivity index (χ4v) is 3.90. The number of hydrogen-bond acceptors (Lipinski definition) is 5. The molecule has 1 aromatic carbocycles. The average Bonchev–Trinajstić information content (AvgIpc) is 3.31. The highest BCUT2D eigenvalue weighted by Crippen LogP contribution is 2.37.